The second kappa shape index (κ2) is 5.54. The average molecular weight is 344 g/mol. The molecule has 0 aliphatic heterocycles. The summed E-state index contributed by atoms with van der Waals surface area (Å²) < 4.78 is 1.92. The standard InChI is InChI=1S/C12H8BrClN2O3/c13-8-3-1-7(2-4-8)10(17)6-16-5-9(14)11(18)15-12(16)19/h1-5H,6H2,(H,15,18,19). The van der Waals surface area contributed by atoms with E-state index in [1.807, 2.05) is 4.98 Å². The number of carbonyl (C=O) groups is 1. The Balaban J connectivity index is 2.29. The Morgan fingerprint density at radius 3 is 2.53 bits per heavy atom. The molecule has 98 valence electrons. The van der Waals surface area contributed by atoms with Gasteiger partial charge in [-0.25, -0.2) is 4.79 Å². The van der Waals surface area contributed by atoms with Crippen LogP contribution in [0, 0.1) is 0 Å². The van der Waals surface area contributed by atoms with E-state index < -0.39 is 11.2 Å². The Bertz CT molecular complexity index is 734. The van der Waals surface area contributed by atoms with Gasteiger partial charge in [0.25, 0.3) is 5.56 Å². The summed E-state index contributed by atoms with van der Waals surface area (Å²) in [6.07, 6.45) is 1.15. The molecular weight excluding hydrogens is 336 g/mol. The van der Waals surface area contributed by atoms with E-state index in [0.717, 1.165) is 15.2 Å². The van der Waals surface area contributed by atoms with Gasteiger partial charge in [0.05, 0.1) is 6.54 Å². The van der Waals surface area contributed by atoms with Crippen LogP contribution >= 0.6 is 27.5 Å². The largest absolute Gasteiger partial charge is 0.328 e. The van der Waals surface area contributed by atoms with Crippen molar-refractivity contribution in [2.24, 2.45) is 0 Å². The van der Waals surface area contributed by atoms with Gasteiger partial charge in [-0.05, 0) is 12.1 Å². The second-order valence-electron chi connectivity index (χ2n) is 3.79. The molecule has 0 amide bonds. The van der Waals surface area contributed by atoms with Crippen LogP contribution in [0.4, 0.5) is 0 Å². The van der Waals surface area contributed by atoms with Crippen LogP contribution in [0.2, 0.25) is 5.02 Å². The summed E-state index contributed by atoms with van der Waals surface area (Å²) in [7, 11) is 0. The van der Waals surface area contributed by atoms with Gasteiger partial charge in [0.15, 0.2) is 5.78 Å². The molecule has 2 aromatic rings. The van der Waals surface area contributed by atoms with Crippen LogP contribution in [0.3, 0.4) is 0 Å². The van der Waals surface area contributed by atoms with E-state index >= 15 is 0 Å². The zero-order chi connectivity index (χ0) is 14.0. The minimum atomic E-state index is -0.668. The zero-order valence-corrected chi connectivity index (χ0v) is 11.9. The van der Waals surface area contributed by atoms with E-state index in [1.54, 1.807) is 24.3 Å². The number of H-pyrrole nitrogens is 1. The number of nitrogens with one attached hydrogen (secondary N) is 1. The van der Waals surface area contributed by atoms with Crippen molar-refractivity contribution in [1.29, 1.82) is 0 Å². The van der Waals surface area contributed by atoms with Crippen molar-refractivity contribution >= 4 is 33.3 Å². The molecule has 1 N–H and O–H groups in total. The van der Waals surface area contributed by atoms with E-state index in [1.165, 1.54) is 0 Å². The number of Topliss-reactive ketones (excluding diaryl/α,β-unsaturated/α-hetero) is 1. The zero-order valence-electron chi connectivity index (χ0n) is 9.52. The summed E-state index contributed by atoms with van der Waals surface area (Å²) in [5.74, 6) is -0.252. The number of rotatable bonds is 3. The first-order valence-electron chi connectivity index (χ1n) is 5.25. The number of aromatic amines is 1. The van der Waals surface area contributed by atoms with Crippen molar-refractivity contribution in [3.8, 4) is 0 Å². The maximum absolute atomic E-state index is 12.0. The second-order valence-corrected chi connectivity index (χ2v) is 5.12. The third kappa shape index (κ3) is 3.21. The van der Waals surface area contributed by atoms with Gasteiger partial charge in [0, 0.05) is 16.2 Å². The van der Waals surface area contributed by atoms with Gasteiger partial charge in [0.1, 0.15) is 5.02 Å². The molecular formula is C12H8BrClN2O3. The minimum absolute atomic E-state index is 0.136. The lowest BCUT2D eigenvalue weighted by molar-refractivity contribution is 0.0970. The van der Waals surface area contributed by atoms with Crippen LogP contribution in [-0.4, -0.2) is 15.3 Å². The predicted molar refractivity (Wildman–Crippen MR) is 74.8 cm³/mol. The third-order valence-electron chi connectivity index (χ3n) is 2.45. The molecule has 0 bridgehead atoms. The van der Waals surface area contributed by atoms with Crippen molar-refractivity contribution in [1.82, 2.24) is 9.55 Å². The van der Waals surface area contributed by atoms with Gasteiger partial charge in [-0.15, -0.1) is 0 Å². The number of nitrogens with zero attached hydrogens (tertiary/aromatic N) is 1. The number of carbonyl (C=O) groups excluding carboxylic acids is 1. The number of hydrogen-bond donors (Lipinski definition) is 1. The first-order valence-corrected chi connectivity index (χ1v) is 6.42. The summed E-state index contributed by atoms with van der Waals surface area (Å²) in [5, 5.41) is -0.136. The lowest BCUT2D eigenvalue weighted by Gasteiger charge is -2.05. The normalized spacial score (nSPS) is 10.4. The molecule has 0 radical (unpaired) electrons. The quantitative estimate of drug-likeness (QED) is 0.864. The fraction of sp³-hybridized carbons (Fsp3) is 0.0833. The summed E-state index contributed by atoms with van der Waals surface area (Å²) in [6.45, 7) is -0.184. The Kier molecular flexibility index (Phi) is 4.01. The Morgan fingerprint density at radius 2 is 1.89 bits per heavy atom. The molecule has 1 aromatic carbocycles. The Hall–Kier alpha value is -1.66. The number of halogens is 2. The van der Waals surface area contributed by atoms with Gasteiger partial charge in [-0.1, -0.05) is 39.7 Å². The molecule has 2 rings (SSSR count). The van der Waals surface area contributed by atoms with E-state index in [2.05, 4.69) is 15.9 Å². The van der Waals surface area contributed by atoms with Crippen molar-refractivity contribution in [2.45, 2.75) is 6.54 Å². The van der Waals surface area contributed by atoms with Crippen LogP contribution in [-0.2, 0) is 6.54 Å². The van der Waals surface area contributed by atoms with Crippen molar-refractivity contribution in [3.05, 3.63) is 66.4 Å². The van der Waals surface area contributed by atoms with Gasteiger partial charge in [0.2, 0.25) is 0 Å². The van der Waals surface area contributed by atoms with Gasteiger partial charge in [-0.3, -0.25) is 19.1 Å². The summed E-state index contributed by atoms with van der Waals surface area (Å²) in [6, 6.07) is 6.75. The molecule has 1 aromatic heterocycles. The molecule has 0 atom stereocenters. The summed E-state index contributed by atoms with van der Waals surface area (Å²) >= 11 is 8.88. The average Bonchev–Trinajstić information content (AvgIpc) is 2.36. The smallest absolute Gasteiger partial charge is 0.292 e. The van der Waals surface area contributed by atoms with Crippen molar-refractivity contribution in [3.63, 3.8) is 0 Å². The highest BCUT2D eigenvalue weighted by atomic mass is 79.9. The molecule has 0 fully saturated rings. The van der Waals surface area contributed by atoms with E-state index in [9.17, 15) is 14.4 Å². The number of ketones is 1. The summed E-state index contributed by atoms with van der Waals surface area (Å²) in [5.41, 5.74) is -0.865. The molecule has 7 heteroatoms. The summed E-state index contributed by atoms with van der Waals surface area (Å²) in [4.78, 5) is 36.6. The van der Waals surface area contributed by atoms with Crippen LogP contribution < -0.4 is 11.2 Å². The van der Waals surface area contributed by atoms with Crippen molar-refractivity contribution in [2.75, 3.05) is 0 Å². The number of hydrogen-bond acceptors (Lipinski definition) is 3. The molecule has 0 saturated carbocycles. The van der Waals surface area contributed by atoms with E-state index in [0.29, 0.717) is 5.56 Å². The maximum Gasteiger partial charge on any atom is 0.328 e. The highest BCUT2D eigenvalue weighted by Crippen LogP contribution is 2.11. The molecule has 0 aliphatic rings. The highest BCUT2D eigenvalue weighted by Gasteiger charge is 2.09. The molecule has 0 spiro atoms. The molecule has 0 unspecified atom stereocenters. The number of aromatic nitrogens is 2. The molecule has 5 nitrogen and oxygen atoms in total. The topological polar surface area (TPSA) is 71.9 Å². The predicted octanol–water partition coefficient (Wildman–Crippen LogP) is 1.84. The SMILES string of the molecule is O=C(Cn1cc(Cl)c(=O)[nH]c1=O)c1ccc(Br)cc1. The van der Waals surface area contributed by atoms with Crippen LogP contribution in [0.15, 0.2) is 44.5 Å². The number of benzene rings is 1. The molecule has 1 heterocycles. The van der Waals surface area contributed by atoms with Crippen molar-refractivity contribution < 1.29 is 4.79 Å². The van der Waals surface area contributed by atoms with Gasteiger partial charge in [-0.2, -0.15) is 0 Å². The monoisotopic (exact) mass is 342 g/mol. The van der Waals surface area contributed by atoms with Crippen LogP contribution in [0.25, 0.3) is 0 Å². The fourth-order valence-electron chi connectivity index (χ4n) is 1.48. The third-order valence-corrected chi connectivity index (χ3v) is 3.25. The molecule has 0 saturated heterocycles. The van der Waals surface area contributed by atoms with Crippen LogP contribution in [0.1, 0.15) is 10.4 Å². The lowest BCUT2D eigenvalue weighted by Crippen LogP contribution is -2.31. The fourth-order valence-corrected chi connectivity index (χ4v) is 1.91. The van der Waals surface area contributed by atoms with Crippen LogP contribution in [0.5, 0.6) is 0 Å². The first kappa shape index (κ1) is 13.8. The Morgan fingerprint density at radius 1 is 1.26 bits per heavy atom. The van der Waals surface area contributed by atoms with E-state index in [4.69, 9.17) is 11.6 Å². The van der Waals surface area contributed by atoms with Gasteiger partial charge >= 0.3 is 5.69 Å². The minimum Gasteiger partial charge on any atom is -0.292 e. The van der Waals surface area contributed by atoms with E-state index in [-0.39, 0.29) is 17.4 Å². The molecule has 19 heavy (non-hydrogen) atoms. The lowest BCUT2D eigenvalue weighted by atomic mass is 10.1. The maximum atomic E-state index is 12.0. The Labute approximate surface area is 121 Å². The molecule has 0 aliphatic carbocycles. The highest BCUT2D eigenvalue weighted by molar-refractivity contribution is 9.10. The first-order chi connectivity index (χ1) is 8.97. The van der Waals surface area contributed by atoms with Gasteiger partial charge < -0.3 is 0 Å².